The molecule has 0 aliphatic carbocycles. The summed E-state index contributed by atoms with van der Waals surface area (Å²) in [5, 5.41) is 0. The molecular weight excluding hydrogens is 218 g/mol. The van der Waals surface area contributed by atoms with Crippen LogP contribution in [0.1, 0.15) is 0 Å². The van der Waals surface area contributed by atoms with E-state index in [1.807, 2.05) is 6.08 Å². The van der Waals surface area contributed by atoms with Crippen molar-refractivity contribution in [1.29, 1.82) is 0 Å². The van der Waals surface area contributed by atoms with Crippen LogP contribution in [0.15, 0.2) is 25.3 Å². The normalized spacial score (nSPS) is 11.2. The maximum Gasteiger partial charge on any atom is 0.217 e. The molecule has 0 aromatic heterocycles. The first-order valence-electron chi connectivity index (χ1n) is 4.25. The Morgan fingerprint density at radius 1 is 1.27 bits per heavy atom. The number of hydrogen-bond acceptors (Lipinski definition) is 4. The Morgan fingerprint density at radius 3 is 1.80 bits per heavy atom. The number of quaternary nitrogens is 1. The highest BCUT2D eigenvalue weighted by molar-refractivity contribution is 7.80. The smallest absolute Gasteiger partial charge is 0.217 e. The zero-order valence-corrected chi connectivity index (χ0v) is 10.3. The van der Waals surface area contributed by atoms with Gasteiger partial charge in [0.2, 0.25) is 10.4 Å². The summed E-state index contributed by atoms with van der Waals surface area (Å²) in [5.41, 5.74) is 0. The minimum atomic E-state index is -4.51. The van der Waals surface area contributed by atoms with Gasteiger partial charge in [0.05, 0.1) is 34.3 Å². The van der Waals surface area contributed by atoms with E-state index in [0.29, 0.717) is 0 Å². The van der Waals surface area contributed by atoms with Crippen LogP contribution >= 0.6 is 0 Å². The standard InChI is InChI=1S/C6H14N.C3H6O4S/c1-5-6-7(2,3)4;1-2-3-7-8(4,5)6/h5H,1,6H2,2-4H3;2H,1,3H2,(H,4,5,6)/q+1;/p-1. The Balaban J connectivity index is 0. The topological polar surface area (TPSA) is 66.4 Å². The van der Waals surface area contributed by atoms with Gasteiger partial charge in [-0.05, 0) is 6.08 Å². The largest absolute Gasteiger partial charge is 0.726 e. The van der Waals surface area contributed by atoms with Gasteiger partial charge in [0.15, 0.2) is 0 Å². The van der Waals surface area contributed by atoms with Crippen LogP contribution in [0.5, 0.6) is 0 Å². The molecule has 0 aliphatic rings. The van der Waals surface area contributed by atoms with E-state index in [1.165, 1.54) is 6.08 Å². The van der Waals surface area contributed by atoms with Crippen molar-refractivity contribution >= 4 is 10.4 Å². The third-order valence-corrected chi connectivity index (χ3v) is 1.43. The van der Waals surface area contributed by atoms with Crippen molar-refractivity contribution in [2.24, 2.45) is 0 Å². The highest BCUT2D eigenvalue weighted by atomic mass is 32.3. The van der Waals surface area contributed by atoms with Crippen molar-refractivity contribution < 1.29 is 21.6 Å². The van der Waals surface area contributed by atoms with Crippen LogP contribution in [0.25, 0.3) is 0 Å². The molecule has 0 spiro atoms. The van der Waals surface area contributed by atoms with E-state index in [4.69, 9.17) is 0 Å². The van der Waals surface area contributed by atoms with Crippen LogP contribution in [0.3, 0.4) is 0 Å². The van der Waals surface area contributed by atoms with Gasteiger partial charge in [-0.2, -0.15) is 0 Å². The number of rotatable bonds is 5. The third kappa shape index (κ3) is 24.7. The minimum Gasteiger partial charge on any atom is -0.726 e. The molecule has 0 unspecified atom stereocenters. The average molecular weight is 237 g/mol. The maximum absolute atomic E-state index is 9.56. The van der Waals surface area contributed by atoms with Crippen LogP contribution in [0, 0.1) is 0 Å². The molecule has 0 saturated heterocycles. The first-order chi connectivity index (χ1) is 6.62. The van der Waals surface area contributed by atoms with Gasteiger partial charge in [-0.15, -0.1) is 6.58 Å². The molecule has 90 valence electrons. The minimum absolute atomic E-state index is 0.258. The molecular formula is C9H19NO4S. The van der Waals surface area contributed by atoms with Crippen LogP contribution < -0.4 is 0 Å². The number of hydrogen-bond donors (Lipinski definition) is 0. The first kappa shape index (κ1) is 16.7. The molecule has 15 heavy (non-hydrogen) atoms. The average Bonchev–Trinajstić information content (AvgIpc) is 1.98. The second kappa shape index (κ2) is 7.58. The zero-order chi connectivity index (χ0) is 12.5. The van der Waals surface area contributed by atoms with Gasteiger partial charge in [-0.25, -0.2) is 8.42 Å². The van der Waals surface area contributed by atoms with Crippen LogP contribution in [-0.2, 0) is 14.6 Å². The molecule has 6 heteroatoms. The van der Waals surface area contributed by atoms with Gasteiger partial charge < -0.3 is 9.04 Å². The van der Waals surface area contributed by atoms with Gasteiger partial charge in [-0.3, -0.25) is 4.18 Å². The fourth-order valence-corrected chi connectivity index (χ4v) is 0.782. The Bertz CT molecular complexity index is 277. The lowest BCUT2D eigenvalue weighted by Gasteiger charge is -2.21. The fourth-order valence-electron chi connectivity index (χ4n) is 0.519. The highest BCUT2D eigenvalue weighted by Crippen LogP contribution is 1.86. The summed E-state index contributed by atoms with van der Waals surface area (Å²) in [7, 11) is 1.91. The van der Waals surface area contributed by atoms with E-state index in [9.17, 15) is 13.0 Å². The molecule has 0 saturated carbocycles. The summed E-state index contributed by atoms with van der Waals surface area (Å²) < 4.78 is 33.3. The van der Waals surface area contributed by atoms with Gasteiger partial charge in [-0.1, -0.05) is 12.7 Å². The number of likely N-dealkylation sites (N-methyl/N-ethyl adjacent to an activating group) is 1. The maximum atomic E-state index is 9.56. The van der Waals surface area contributed by atoms with E-state index in [0.717, 1.165) is 11.0 Å². The second-order valence-corrected chi connectivity index (χ2v) is 4.80. The second-order valence-electron chi connectivity index (χ2n) is 3.74. The van der Waals surface area contributed by atoms with Crippen molar-refractivity contribution in [2.75, 3.05) is 34.3 Å². The molecule has 0 aromatic rings. The first-order valence-corrected chi connectivity index (χ1v) is 5.58. The number of nitrogens with zero attached hydrogens (tertiary/aromatic N) is 1. The van der Waals surface area contributed by atoms with Gasteiger partial charge in [0, 0.05) is 0 Å². The summed E-state index contributed by atoms with van der Waals surface area (Å²) in [4.78, 5) is 0. The summed E-state index contributed by atoms with van der Waals surface area (Å²) in [6.45, 7) is 7.55. The molecule has 0 N–H and O–H groups in total. The van der Waals surface area contributed by atoms with E-state index in [1.54, 1.807) is 0 Å². The lowest BCUT2D eigenvalue weighted by atomic mass is 10.5. The van der Waals surface area contributed by atoms with Crippen molar-refractivity contribution in [3.8, 4) is 0 Å². The summed E-state index contributed by atoms with van der Waals surface area (Å²) in [6.07, 6.45) is 3.11. The van der Waals surface area contributed by atoms with Gasteiger partial charge in [0.25, 0.3) is 0 Å². The Morgan fingerprint density at radius 2 is 1.73 bits per heavy atom. The molecule has 5 nitrogen and oxygen atoms in total. The molecule has 0 aliphatic heterocycles. The van der Waals surface area contributed by atoms with Crippen molar-refractivity contribution in [3.05, 3.63) is 25.3 Å². The monoisotopic (exact) mass is 237 g/mol. The predicted octanol–water partition coefficient (Wildman–Crippen LogP) is 0.528. The quantitative estimate of drug-likeness (QED) is 0.303. The van der Waals surface area contributed by atoms with Gasteiger partial charge in [0.1, 0.15) is 0 Å². The fraction of sp³-hybridized carbons (Fsp3) is 0.556. The van der Waals surface area contributed by atoms with E-state index in [2.05, 4.69) is 38.5 Å². The Hall–Kier alpha value is -0.690. The lowest BCUT2D eigenvalue weighted by molar-refractivity contribution is -0.864. The van der Waals surface area contributed by atoms with Crippen LogP contribution in [0.2, 0.25) is 0 Å². The van der Waals surface area contributed by atoms with E-state index in [-0.39, 0.29) is 6.61 Å². The molecule has 0 fully saturated rings. The summed E-state index contributed by atoms with van der Waals surface area (Å²) in [5.74, 6) is 0. The van der Waals surface area contributed by atoms with Crippen LogP contribution in [-0.4, -0.2) is 51.7 Å². The summed E-state index contributed by atoms with van der Waals surface area (Å²) >= 11 is 0. The molecule has 0 heterocycles. The van der Waals surface area contributed by atoms with Crippen molar-refractivity contribution in [3.63, 3.8) is 0 Å². The highest BCUT2D eigenvalue weighted by Gasteiger charge is 1.99. The molecule has 0 atom stereocenters. The molecule has 0 bridgehead atoms. The zero-order valence-electron chi connectivity index (χ0n) is 9.47. The molecule has 0 aromatic carbocycles. The van der Waals surface area contributed by atoms with Crippen molar-refractivity contribution in [1.82, 2.24) is 0 Å². The Labute approximate surface area is 92.2 Å². The summed E-state index contributed by atoms with van der Waals surface area (Å²) in [6, 6.07) is 0. The van der Waals surface area contributed by atoms with Crippen molar-refractivity contribution in [2.45, 2.75) is 0 Å². The molecule has 0 radical (unpaired) electrons. The molecule has 0 rings (SSSR count). The van der Waals surface area contributed by atoms with Crippen LogP contribution in [0.4, 0.5) is 0 Å². The SMILES string of the molecule is C=CCOS(=O)(=O)[O-].C=CC[N+](C)(C)C. The lowest BCUT2D eigenvalue weighted by Crippen LogP contribution is -2.33. The molecule has 0 amide bonds. The predicted molar refractivity (Wildman–Crippen MR) is 58.9 cm³/mol. The van der Waals surface area contributed by atoms with E-state index < -0.39 is 10.4 Å². The third-order valence-electron chi connectivity index (χ3n) is 1.01. The van der Waals surface area contributed by atoms with Gasteiger partial charge >= 0.3 is 0 Å². The van der Waals surface area contributed by atoms with E-state index >= 15 is 0 Å². The Kier molecular flexibility index (Phi) is 8.46.